The van der Waals surface area contributed by atoms with Gasteiger partial charge in [0.2, 0.25) is 5.88 Å². The Balaban J connectivity index is 1.91. The Kier molecular flexibility index (Phi) is 5.00. The second kappa shape index (κ2) is 6.74. The first-order valence-electron chi connectivity index (χ1n) is 7.03. The highest BCUT2D eigenvalue weighted by atomic mass is 16.5. The minimum absolute atomic E-state index is 0.632. The third-order valence-electron chi connectivity index (χ3n) is 3.33. The predicted octanol–water partition coefficient (Wildman–Crippen LogP) is 2.66. The molecule has 1 aliphatic heterocycles. The molecule has 3 nitrogen and oxygen atoms in total. The Morgan fingerprint density at radius 1 is 1.50 bits per heavy atom. The number of piperidine rings is 1. The zero-order chi connectivity index (χ0) is 12.8. The minimum atomic E-state index is 0.632. The molecule has 0 aromatic carbocycles. The Hall–Kier alpha value is -1.09. The summed E-state index contributed by atoms with van der Waals surface area (Å²) in [7, 11) is 0. The van der Waals surface area contributed by atoms with Crippen molar-refractivity contribution >= 4 is 0 Å². The van der Waals surface area contributed by atoms with Crippen LogP contribution in [0.2, 0.25) is 0 Å². The zero-order valence-electron chi connectivity index (χ0n) is 11.5. The van der Waals surface area contributed by atoms with Crippen molar-refractivity contribution in [1.29, 1.82) is 0 Å². The van der Waals surface area contributed by atoms with Gasteiger partial charge in [0.15, 0.2) is 0 Å². The average molecular weight is 248 g/mol. The van der Waals surface area contributed by atoms with Crippen LogP contribution in [0.15, 0.2) is 18.3 Å². The molecule has 0 amide bonds. The molecule has 3 heteroatoms. The number of aromatic nitrogens is 1. The third-order valence-corrected chi connectivity index (χ3v) is 3.33. The number of hydrogen-bond donors (Lipinski definition) is 1. The van der Waals surface area contributed by atoms with Gasteiger partial charge in [-0.25, -0.2) is 4.98 Å². The number of ether oxygens (including phenoxy) is 1. The van der Waals surface area contributed by atoms with Gasteiger partial charge in [0.25, 0.3) is 0 Å². The molecule has 18 heavy (non-hydrogen) atoms. The van der Waals surface area contributed by atoms with Crippen LogP contribution in [0.1, 0.15) is 32.3 Å². The molecule has 0 saturated carbocycles. The molecule has 1 unspecified atom stereocenters. The molecule has 2 heterocycles. The van der Waals surface area contributed by atoms with Gasteiger partial charge in [-0.1, -0.05) is 19.9 Å². The van der Waals surface area contributed by atoms with Gasteiger partial charge in [0.1, 0.15) is 0 Å². The minimum Gasteiger partial charge on any atom is -0.477 e. The lowest BCUT2D eigenvalue weighted by molar-refractivity contribution is 0.210. The summed E-state index contributed by atoms with van der Waals surface area (Å²) in [6.45, 7) is 7.46. The molecule has 1 fully saturated rings. The van der Waals surface area contributed by atoms with Crippen molar-refractivity contribution in [1.82, 2.24) is 10.3 Å². The maximum atomic E-state index is 5.93. The van der Waals surface area contributed by atoms with Crippen molar-refractivity contribution in [3.63, 3.8) is 0 Å². The van der Waals surface area contributed by atoms with Gasteiger partial charge in [0, 0.05) is 24.2 Å². The van der Waals surface area contributed by atoms with Crippen molar-refractivity contribution in [3.8, 4) is 5.88 Å². The SMILES string of the molecule is CC(C)Cc1cccnc1OCC1CCCNC1. The quantitative estimate of drug-likeness (QED) is 0.870. The van der Waals surface area contributed by atoms with Crippen LogP contribution in [-0.2, 0) is 6.42 Å². The van der Waals surface area contributed by atoms with Crippen LogP contribution in [0.4, 0.5) is 0 Å². The van der Waals surface area contributed by atoms with E-state index in [1.807, 2.05) is 12.3 Å². The molecule has 1 saturated heterocycles. The van der Waals surface area contributed by atoms with Crippen LogP contribution < -0.4 is 10.1 Å². The fourth-order valence-electron chi connectivity index (χ4n) is 2.41. The number of nitrogens with zero attached hydrogens (tertiary/aromatic N) is 1. The number of nitrogens with one attached hydrogen (secondary N) is 1. The summed E-state index contributed by atoms with van der Waals surface area (Å²) in [4.78, 5) is 4.37. The Bertz CT molecular complexity index is 359. The molecular formula is C15H24N2O. The van der Waals surface area contributed by atoms with Gasteiger partial charge >= 0.3 is 0 Å². The smallest absolute Gasteiger partial charge is 0.216 e. The molecule has 1 aliphatic rings. The van der Waals surface area contributed by atoms with Crippen LogP contribution in [0.5, 0.6) is 5.88 Å². The van der Waals surface area contributed by atoms with Crippen molar-refractivity contribution in [2.24, 2.45) is 11.8 Å². The van der Waals surface area contributed by atoms with Gasteiger partial charge in [-0.2, -0.15) is 0 Å². The summed E-state index contributed by atoms with van der Waals surface area (Å²) in [6, 6.07) is 4.12. The lowest BCUT2D eigenvalue weighted by Gasteiger charge is -2.23. The van der Waals surface area contributed by atoms with E-state index in [1.165, 1.54) is 18.4 Å². The van der Waals surface area contributed by atoms with E-state index in [2.05, 4.69) is 30.2 Å². The van der Waals surface area contributed by atoms with E-state index < -0.39 is 0 Å². The zero-order valence-corrected chi connectivity index (χ0v) is 11.5. The normalized spacial score (nSPS) is 20.1. The highest BCUT2D eigenvalue weighted by Gasteiger charge is 2.15. The maximum absolute atomic E-state index is 5.93. The van der Waals surface area contributed by atoms with Crippen molar-refractivity contribution in [3.05, 3.63) is 23.9 Å². The lowest BCUT2D eigenvalue weighted by Crippen LogP contribution is -2.33. The second-order valence-corrected chi connectivity index (χ2v) is 5.59. The summed E-state index contributed by atoms with van der Waals surface area (Å²) < 4.78 is 5.93. The summed E-state index contributed by atoms with van der Waals surface area (Å²) in [6.07, 6.45) is 5.37. The number of pyridine rings is 1. The number of rotatable bonds is 5. The summed E-state index contributed by atoms with van der Waals surface area (Å²) in [5, 5.41) is 3.42. The summed E-state index contributed by atoms with van der Waals surface area (Å²) >= 11 is 0. The topological polar surface area (TPSA) is 34.1 Å². The Morgan fingerprint density at radius 2 is 2.39 bits per heavy atom. The molecule has 1 aromatic heterocycles. The fraction of sp³-hybridized carbons (Fsp3) is 0.667. The van der Waals surface area contributed by atoms with Crippen LogP contribution >= 0.6 is 0 Å². The first-order valence-corrected chi connectivity index (χ1v) is 7.03. The van der Waals surface area contributed by atoms with Crippen LogP contribution in [0.3, 0.4) is 0 Å². The molecular weight excluding hydrogens is 224 g/mol. The lowest BCUT2D eigenvalue weighted by atomic mass is 10.0. The Labute approximate surface area is 110 Å². The Morgan fingerprint density at radius 3 is 3.11 bits per heavy atom. The van der Waals surface area contributed by atoms with E-state index in [9.17, 15) is 0 Å². The largest absolute Gasteiger partial charge is 0.477 e. The molecule has 1 N–H and O–H groups in total. The van der Waals surface area contributed by atoms with Crippen molar-refractivity contribution in [2.75, 3.05) is 19.7 Å². The van der Waals surface area contributed by atoms with Crippen molar-refractivity contribution in [2.45, 2.75) is 33.1 Å². The van der Waals surface area contributed by atoms with E-state index >= 15 is 0 Å². The van der Waals surface area contributed by atoms with Crippen LogP contribution in [0.25, 0.3) is 0 Å². The average Bonchev–Trinajstić information content (AvgIpc) is 2.38. The highest BCUT2D eigenvalue weighted by Crippen LogP contribution is 2.20. The van der Waals surface area contributed by atoms with Crippen molar-refractivity contribution < 1.29 is 4.74 Å². The van der Waals surface area contributed by atoms with E-state index in [-0.39, 0.29) is 0 Å². The summed E-state index contributed by atoms with van der Waals surface area (Å²) in [5.74, 6) is 2.09. The highest BCUT2D eigenvalue weighted by molar-refractivity contribution is 5.25. The van der Waals surface area contributed by atoms with Gasteiger partial charge < -0.3 is 10.1 Å². The number of hydrogen-bond acceptors (Lipinski definition) is 3. The molecule has 1 aromatic rings. The first kappa shape index (κ1) is 13.3. The maximum Gasteiger partial charge on any atom is 0.216 e. The monoisotopic (exact) mass is 248 g/mol. The molecule has 0 radical (unpaired) electrons. The fourth-order valence-corrected chi connectivity index (χ4v) is 2.41. The standard InChI is InChI=1S/C15H24N2O/c1-12(2)9-14-6-4-8-17-15(14)18-11-13-5-3-7-16-10-13/h4,6,8,12-13,16H,3,5,7,9-11H2,1-2H3. The molecule has 100 valence electrons. The molecule has 0 spiro atoms. The molecule has 0 aliphatic carbocycles. The van der Waals surface area contributed by atoms with Gasteiger partial charge in [-0.05, 0) is 37.8 Å². The van der Waals surface area contributed by atoms with Gasteiger partial charge in [0.05, 0.1) is 6.61 Å². The third kappa shape index (κ3) is 3.98. The van der Waals surface area contributed by atoms with Crippen LogP contribution in [0, 0.1) is 11.8 Å². The van der Waals surface area contributed by atoms with E-state index in [4.69, 9.17) is 4.74 Å². The van der Waals surface area contributed by atoms with E-state index in [1.54, 1.807) is 0 Å². The van der Waals surface area contributed by atoms with Gasteiger partial charge in [-0.3, -0.25) is 0 Å². The summed E-state index contributed by atoms with van der Waals surface area (Å²) in [5.41, 5.74) is 1.23. The molecule has 1 atom stereocenters. The van der Waals surface area contributed by atoms with Gasteiger partial charge in [-0.15, -0.1) is 0 Å². The molecule has 2 rings (SSSR count). The van der Waals surface area contributed by atoms with E-state index in [0.29, 0.717) is 11.8 Å². The second-order valence-electron chi connectivity index (χ2n) is 5.59. The molecule has 0 bridgehead atoms. The predicted molar refractivity (Wildman–Crippen MR) is 73.9 cm³/mol. The van der Waals surface area contributed by atoms with E-state index in [0.717, 1.165) is 32.0 Å². The van der Waals surface area contributed by atoms with Crippen LogP contribution in [-0.4, -0.2) is 24.7 Å². The first-order chi connectivity index (χ1) is 8.75.